The first-order chi connectivity index (χ1) is 23.1. The summed E-state index contributed by atoms with van der Waals surface area (Å²) in [6, 6.07) is 16.2. The van der Waals surface area contributed by atoms with Gasteiger partial charge in [-0.25, -0.2) is 14.0 Å². The lowest BCUT2D eigenvalue weighted by molar-refractivity contribution is -0.206. The molecule has 3 aromatic rings. The van der Waals surface area contributed by atoms with E-state index in [2.05, 4.69) is 6.92 Å². The van der Waals surface area contributed by atoms with Gasteiger partial charge in [0.15, 0.2) is 17.7 Å². The van der Waals surface area contributed by atoms with Crippen molar-refractivity contribution in [1.29, 1.82) is 0 Å². The highest BCUT2D eigenvalue weighted by Gasteiger charge is 2.42. The van der Waals surface area contributed by atoms with Crippen LogP contribution in [0.4, 0.5) is 17.6 Å². The molecule has 48 heavy (non-hydrogen) atoms. The highest BCUT2D eigenvalue weighted by Crippen LogP contribution is 2.29. The van der Waals surface area contributed by atoms with Gasteiger partial charge < -0.3 is 18.9 Å². The summed E-state index contributed by atoms with van der Waals surface area (Å²) in [4.78, 5) is 25.1. The first kappa shape index (κ1) is 38.5. The third-order valence-electron chi connectivity index (χ3n) is 7.87. The number of benzene rings is 3. The van der Waals surface area contributed by atoms with Gasteiger partial charge in [0, 0.05) is 13.7 Å². The Hall–Kier alpha value is -3.92. The largest absolute Gasteiger partial charge is 0.491 e. The van der Waals surface area contributed by atoms with Crippen LogP contribution in [-0.4, -0.2) is 44.5 Å². The van der Waals surface area contributed by atoms with E-state index in [4.69, 9.17) is 18.9 Å². The zero-order chi connectivity index (χ0) is 34.8. The number of alkyl halides is 3. The van der Waals surface area contributed by atoms with Crippen LogP contribution in [0.1, 0.15) is 105 Å². The van der Waals surface area contributed by atoms with Crippen molar-refractivity contribution in [3.05, 3.63) is 83.7 Å². The number of hydrogen-bond donors (Lipinski definition) is 0. The second kappa shape index (κ2) is 20.4. The Bertz CT molecular complexity index is 1390. The molecule has 0 fully saturated rings. The van der Waals surface area contributed by atoms with Crippen LogP contribution in [0.3, 0.4) is 0 Å². The Morgan fingerprint density at radius 1 is 0.688 bits per heavy atom. The van der Waals surface area contributed by atoms with Crippen molar-refractivity contribution >= 4 is 11.9 Å². The number of unbranched alkanes of at least 4 members (excludes halogenated alkanes) is 9. The van der Waals surface area contributed by atoms with Crippen molar-refractivity contribution in [2.75, 3.05) is 20.3 Å². The predicted molar refractivity (Wildman–Crippen MR) is 177 cm³/mol. The third-order valence-corrected chi connectivity index (χ3v) is 7.87. The van der Waals surface area contributed by atoms with E-state index in [1.54, 1.807) is 36.4 Å². The standard InChI is InChI=1S/C38H46F4O6/c1-3-4-5-6-7-8-9-10-12-26-46-34-24-21-31(27-33(34)39)28-15-17-29(18-16-28)36(43)47-32-22-19-30(20-23-32)37(44)48-35(38(40,41)42)14-11-13-25-45-2/h15-24,27,35H,3-14,25-26H2,1-2H3/t35-/m1/s1. The topological polar surface area (TPSA) is 71.1 Å². The molecule has 0 saturated heterocycles. The number of rotatable bonds is 21. The van der Waals surface area contributed by atoms with Gasteiger partial charge in [-0.15, -0.1) is 0 Å². The number of esters is 2. The molecule has 3 aromatic carbocycles. The summed E-state index contributed by atoms with van der Waals surface area (Å²) in [5.74, 6) is -1.98. The SMILES string of the molecule is CCCCCCCCCCCOc1ccc(-c2ccc(C(=O)Oc3ccc(C(=O)O[C@H](CCCCOC)C(F)(F)F)cc3)cc2)cc1F. The molecule has 0 aliphatic heterocycles. The summed E-state index contributed by atoms with van der Waals surface area (Å²) in [5.41, 5.74) is 1.42. The van der Waals surface area contributed by atoms with Gasteiger partial charge in [0.25, 0.3) is 0 Å². The Labute approximate surface area is 280 Å². The molecule has 0 heterocycles. The predicted octanol–water partition coefficient (Wildman–Crippen LogP) is 10.5. The van der Waals surface area contributed by atoms with E-state index in [1.807, 2.05) is 0 Å². The Morgan fingerprint density at radius 3 is 1.85 bits per heavy atom. The molecule has 0 saturated carbocycles. The zero-order valence-corrected chi connectivity index (χ0v) is 27.8. The zero-order valence-electron chi connectivity index (χ0n) is 27.8. The van der Waals surface area contributed by atoms with Crippen molar-refractivity contribution in [1.82, 2.24) is 0 Å². The van der Waals surface area contributed by atoms with Crippen LogP contribution in [0.2, 0.25) is 0 Å². The van der Waals surface area contributed by atoms with Gasteiger partial charge in [0.2, 0.25) is 0 Å². The van der Waals surface area contributed by atoms with E-state index in [0.717, 1.165) is 19.3 Å². The van der Waals surface area contributed by atoms with Crippen molar-refractivity contribution < 1.29 is 46.1 Å². The average molecular weight is 675 g/mol. The van der Waals surface area contributed by atoms with Gasteiger partial charge in [-0.3, -0.25) is 0 Å². The van der Waals surface area contributed by atoms with Crippen LogP contribution in [-0.2, 0) is 9.47 Å². The number of carbonyl (C=O) groups excluding carboxylic acids is 2. The molecule has 262 valence electrons. The van der Waals surface area contributed by atoms with Crippen LogP contribution in [0.25, 0.3) is 11.1 Å². The van der Waals surface area contributed by atoms with Crippen LogP contribution in [0, 0.1) is 5.82 Å². The van der Waals surface area contributed by atoms with Gasteiger partial charge in [0.1, 0.15) is 5.75 Å². The lowest BCUT2D eigenvalue weighted by atomic mass is 10.0. The molecule has 10 heteroatoms. The number of hydrogen-bond acceptors (Lipinski definition) is 6. The van der Waals surface area contributed by atoms with Gasteiger partial charge >= 0.3 is 18.1 Å². The number of halogens is 4. The van der Waals surface area contributed by atoms with Crippen LogP contribution in [0.5, 0.6) is 11.5 Å². The average Bonchev–Trinajstić information content (AvgIpc) is 3.07. The number of carbonyl (C=O) groups is 2. The molecule has 6 nitrogen and oxygen atoms in total. The Balaban J connectivity index is 1.47. The smallest absolute Gasteiger partial charge is 0.425 e. The van der Waals surface area contributed by atoms with Gasteiger partial charge in [-0.05, 0) is 85.3 Å². The fourth-order valence-corrected chi connectivity index (χ4v) is 5.08. The molecule has 0 amide bonds. The van der Waals surface area contributed by atoms with Crippen molar-refractivity contribution in [3.8, 4) is 22.6 Å². The highest BCUT2D eigenvalue weighted by molar-refractivity contribution is 5.92. The third kappa shape index (κ3) is 13.3. The highest BCUT2D eigenvalue weighted by atomic mass is 19.4. The molecule has 0 aliphatic carbocycles. The lowest BCUT2D eigenvalue weighted by Gasteiger charge is -2.20. The minimum atomic E-state index is -4.70. The summed E-state index contributed by atoms with van der Waals surface area (Å²) >= 11 is 0. The molecule has 0 bridgehead atoms. The van der Waals surface area contributed by atoms with Crippen molar-refractivity contribution in [3.63, 3.8) is 0 Å². The maximum atomic E-state index is 14.7. The minimum Gasteiger partial charge on any atom is -0.491 e. The van der Waals surface area contributed by atoms with Crippen LogP contribution >= 0.6 is 0 Å². The monoisotopic (exact) mass is 674 g/mol. The van der Waals surface area contributed by atoms with Gasteiger partial charge in [-0.2, -0.15) is 13.2 Å². The fourth-order valence-electron chi connectivity index (χ4n) is 5.08. The summed E-state index contributed by atoms with van der Waals surface area (Å²) in [6.45, 7) is 2.99. The van der Waals surface area contributed by atoms with Gasteiger partial charge in [0.05, 0.1) is 17.7 Å². The van der Waals surface area contributed by atoms with E-state index in [1.165, 1.54) is 76.0 Å². The Kier molecular flexibility index (Phi) is 16.4. The van der Waals surface area contributed by atoms with E-state index in [9.17, 15) is 27.2 Å². The Morgan fingerprint density at radius 2 is 1.25 bits per heavy atom. The summed E-state index contributed by atoms with van der Waals surface area (Å²) < 4.78 is 75.4. The fraction of sp³-hybridized carbons (Fsp3) is 0.474. The van der Waals surface area contributed by atoms with Gasteiger partial charge in [-0.1, -0.05) is 76.5 Å². The molecular formula is C38H46F4O6. The molecule has 1 atom stereocenters. The van der Waals surface area contributed by atoms with E-state index in [0.29, 0.717) is 30.8 Å². The second-order valence-corrected chi connectivity index (χ2v) is 11.7. The van der Waals surface area contributed by atoms with Crippen LogP contribution < -0.4 is 9.47 Å². The normalized spacial score (nSPS) is 12.0. The van der Waals surface area contributed by atoms with Crippen LogP contribution in [0.15, 0.2) is 66.7 Å². The van der Waals surface area contributed by atoms with E-state index >= 15 is 0 Å². The lowest BCUT2D eigenvalue weighted by Crippen LogP contribution is -2.34. The second-order valence-electron chi connectivity index (χ2n) is 11.7. The molecule has 0 aliphatic rings. The summed E-state index contributed by atoms with van der Waals surface area (Å²) in [6.07, 6.45) is 4.02. The molecule has 0 unspecified atom stereocenters. The maximum absolute atomic E-state index is 14.7. The number of methoxy groups -OCH3 is 1. The minimum absolute atomic E-state index is 0.0904. The summed E-state index contributed by atoms with van der Waals surface area (Å²) in [5, 5.41) is 0. The molecule has 3 rings (SSSR count). The van der Waals surface area contributed by atoms with E-state index in [-0.39, 0.29) is 35.5 Å². The maximum Gasteiger partial charge on any atom is 0.425 e. The molecule has 0 aromatic heterocycles. The molecule has 0 N–H and O–H groups in total. The van der Waals surface area contributed by atoms with Crippen molar-refractivity contribution in [2.45, 2.75) is 96.3 Å². The van der Waals surface area contributed by atoms with Crippen molar-refractivity contribution in [2.24, 2.45) is 0 Å². The molecule has 0 radical (unpaired) electrons. The molecular weight excluding hydrogens is 628 g/mol. The quantitative estimate of drug-likeness (QED) is 0.0485. The first-order valence-corrected chi connectivity index (χ1v) is 16.7. The van der Waals surface area contributed by atoms with E-state index < -0.39 is 30.0 Å². The number of ether oxygens (including phenoxy) is 4. The summed E-state index contributed by atoms with van der Waals surface area (Å²) in [7, 11) is 1.46. The molecule has 0 spiro atoms. The first-order valence-electron chi connectivity index (χ1n) is 16.7.